The molecular formula is C2H5NO2. The molecule has 0 spiro atoms. The molecule has 0 fully saturated rings. The van der Waals surface area contributed by atoms with Crippen molar-refractivity contribution in [2.45, 2.75) is 0 Å². The summed E-state index contributed by atoms with van der Waals surface area (Å²) >= 11 is 0. The van der Waals surface area contributed by atoms with E-state index in [1.807, 2.05) is 0 Å². The van der Waals surface area contributed by atoms with E-state index in [-0.39, 0.29) is 0 Å². The van der Waals surface area contributed by atoms with Crippen LogP contribution in [0.1, 0.15) is 1.37 Å². The molecule has 0 aliphatic heterocycles. The van der Waals surface area contributed by atoms with Crippen LogP contribution in [-0.2, 0) is 4.79 Å². The Balaban J connectivity index is 3.26. The Labute approximate surface area is 30.8 Å². The topological polar surface area (TPSA) is 63.3 Å². The van der Waals surface area contributed by atoms with Crippen LogP contribution in [0.5, 0.6) is 0 Å². The summed E-state index contributed by atoms with van der Waals surface area (Å²) in [4.78, 5) is 9.39. The first-order valence-corrected chi connectivity index (χ1v) is 1.05. The molecule has 0 aliphatic rings. The Bertz CT molecular complexity index is 62.6. The molecule has 0 bridgehead atoms. The lowest BCUT2D eigenvalue weighted by Crippen LogP contribution is -2.10. The van der Waals surface area contributed by atoms with E-state index in [0.29, 0.717) is 0 Å². The van der Waals surface area contributed by atoms with E-state index in [0.717, 1.165) is 0 Å². The second kappa shape index (κ2) is 1.72. The average molecular weight is 76.1 g/mol. The standard InChI is InChI=1S/C2H5NO2/c3-1-2(4)5/h1,3H2,(H,4,5)/i1D,3+0/t1-/m1/s1. The molecule has 1 atom stereocenters. The first kappa shape index (κ1) is 2.66. The lowest BCUT2D eigenvalue weighted by molar-refractivity contribution is -0.135. The van der Waals surface area contributed by atoms with Gasteiger partial charge >= 0.3 is 5.97 Å². The number of rotatable bonds is 1. The molecule has 0 aromatic rings. The van der Waals surface area contributed by atoms with Gasteiger partial charge < -0.3 is 10.8 Å². The van der Waals surface area contributed by atoms with Crippen LogP contribution in [0.25, 0.3) is 0 Å². The smallest absolute Gasteiger partial charge is 0.317 e. The normalized spacial score (nSPS) is 16.6. The average Bonchev–Trinajstić information content (AvgIpc) is 1.36. The second-order valence-corrected chi connectivity index (χ2v) is 0.505. The summed E-state index contributed by atoms with van der Waals surface area (Å²) in [5.41, 5.74) is 4.50. The van der Waals surface area contributed by atoms with Gasteiger partial charge in [-0.05, 0) is 0 Å². The van der Waals surface area contributed by atoms with Gasteiger partial charge in [-0.2, -0.15) is 0 Å². The molecule has 0 unspecified atom stereocenters. The van der Waals surface area contributed by atoms with Crippen molar-refractivity contribution in [3.63, 3.8) is 0 Å². The highest BCUT2D eigenvalue weighted by atomic mass is 16.4. The first-order chi connectivity index (χ1) is 2.64. The van der Waals surface area contributed by atoms with E-state index in [9.17, 15) is 4.79 Å². The fraction of sp³-hybridized carbons (Fsp3) is 0.500. The van der Waals surface area contributed by atoms with Gasteiger partial charge in [0.2, 0.25) is 0 Å². The highest BCUT2D eigenvalue weighted by molar-refractivity contribution is 5.68. The molecule has 0 aliphatic carbocycles. The number of carboxylic acid groups (broad SMARTS) is 1. The minimum atomic E-state index is -1.48. The molecule has 0 aromatic carbocycles. The van der Waals surface area contributed by atoms with E-state index < -0.39 is 12.5 Å². The number of carboxylic acids is 1. The fourth-order valence-electron chi connectivity index (χ4n) is 0. The summed E-state index contributed by atoms with van der Waals surface area (Å²) in [6.07, 6.45) is 0. The summed E-state index contributed by atoms with van der Waals surface area (Å²) < 4.78 is 6.21. The lowest BCUT2D eigenvalue weighted by atomic mass is 10.7. The summed E-state index contributed by atoms with van der Waals surface area (Å²) in [6, 6.07) is 0. The van der Waals surface area contributed by atoms with E-state index in [2.05, 4.69) is 5.73 Å². The zero-order valence-corrected chi connectivity index (χ0v) is 2.51. The molecule has 5 heavy (non-hydrogen) atoms. The summed E-state index contributed by atoms with van der Waals surface area (Å²) in [7, 11) is 0. The summed E-state index contributed by atoms with van der Waals surface area (Å²) in [5.74, 6) is -1.30. The third-order valence-electron chi connectivity index (χ3n) is 0.143. The van der Waals surface area contributed by atoms with Crippen molar-refractivity contribution in [2.24, 2.45) is 5.73 Å². The van der Waals surface area contributed by atoms with Gasteiger partial charge in [0.15, 0.2) is 0 Å². The molecule has 0 saturated carbocycles. The van der Waals surface area contributed by atoms with E-state index in [4.69, 9.17) is 6.48 Å². The van der Waals surface area contributed by atoms with Gasteiger partial charge in [0.1, 0.15) is 0 Å². The van der Waals surface area contributed by atoms with Crippen molar-refractivity contribution >= 4 is 5.97 Å². The van der Waals surface area contributed by atoms with Crippen LogP contribution in [0.3, 0.4) is 0 Å². The van der Waals surface area contributed by atoms with Crippen LogP contribution in [0.2, 0.25) is 0 Å². The van der Waals surface area contributed by atoms with Crippen LogP contribution in [-0.4, -0.2) is 17.6 Å². The molecule has 0 heterocycles. The highest BCUT2D eigenvalue weighted by Crippen LogP contribution is 1.43. The predicted octanol–water partition coefficient (Wildman–Crippen LogP) is -0.970. The summed E-state index contributed by atoms with van der Waals surface area (Å²) in [6.45, 7) is -1.48. The number of nitrogens with two attached hydrogens (primary N) is 1. The Morgan fingerprint density at radius 1 is 2.40 bits per heavy atom. The molecule has 30 valence electrons. The molecule has 0 aromatic heterocycles. The Morgan fingerprint density at radius 2 is 2.60 bits per heavy atom. The van der Waals surface area contributed by atoms with Crippen molar-refractivity contribution in [2.75, 3.05) is 6.52 Å². The Hall–Kier alpha value is -0.570. The van der Waals surface area contributed by atoms with E-state index in [1.165, 1.54) is 0 Å². The molecule has 3 N–H and O–H groups in total. The predicted molar refractivity (Wildman–Crippen MR) is 16.7 cm³/mol. The zero-order chi connectivity index (χ0) is 5.15. The van der Waals surface area contributed by atoms with Crippen molar-refractivity contribution in [3.05, 3.63) is 0 Å². The van der Waals surface area contributed by atoms with Crippen molar-refractivity contribution in [1.82, 2.24) is 0 Å². The SMILES string of the molecule is [2H][C@@H]([14NH2])C(=O)O. The second-order valence-electron chi connectivity index (χ2n) is 0.505. The molecule has 0 amide bonds. The quantitative estimate of drug-likeness (QED) is 0.422. The first-order valence-electron chi connectivity index (χ1n) is 1.63. The number of hydrogen-bond acceptors (Lipinski definition) is 2. The van der Waals surface area contributed by atoms with Crippen molar-refractivity contribution in [1.29, 1.82) is 0 Å². The van der Waals surface area contributed by atoms with Gasteiger partial charge in [0.05, 0.1) is 7.89 Å². The Morgan fingerprint density at radius 3 is 2.60 bits per heavy atom. The summed E-state index contributed by atoms with van der Waals surface area (Å²) in [5, 5.41) is 7.68. The van der Waals surface area contributed by atoms with Gasteiger partial charge in [0.25, 0.3) is 0 Å². The monoisotopic (exact) mass is 76.0 g/mol. The van der Waals surface area contributed by atoms with Crippen LogP contribution in [0, 0.1) is 0 Å². The lowest BCUT2D eigenvalue weighted by Gasteiger charge is -1.73. The fourth-order valence-corrected chi connectivity index (χ4v) is 0. The van der Waals surface area contributed by atoms with Gasteiger partial charge in [0, 0.05) is 0 Å². The van der Waals surface area contributed by atoms with Gasteiger partial charge in [-0.1, -0.05) is 0 Å². The van der Waals surface area contributed by atoms with Crippen molar-refractivity contribution < 1.29 is 11.3 Å². The van der Waals surface area contributed by atoms with Crippen molar-refractivity contribution in [3.8, 4) is 0 Å². The largest absolute Gasteiger partial charge is 0.480 e. The molecule has 3 nitrogen and oxygen atoms in total. The van der Waals surface area contributed by atoms with Gasteiger partial charge in [-0.25, -0.2) is 0 Å². The third-order valence-corrected chi connectivity index (χ3v) is 0.143. The maximum atomic E-state index is 9.39. The third kappa shape index (κ3) is 3.43. The maximum Gasteiger partial charge on any atom is 0.317 e. The maximum absolute atomic E-state index is 9.39. The van der Waals surface area contributed by atoms with E-state index in [1.54, 1.807) is 0 Å². The number of carbonyl (C=O) groups is 1. The zero-order valence-electron chi connectivity index (χ0n) is 3.51. The minimum Gasteiger partial charge on any atom is -0.480 e. The highest BCUT2D eigenvalue weighted by Gasteiger charge is 1.81. The Kier molecular flexibility index (Phi) is 0.914. The molecule has 0 rings (SSSR count). The molecule has 0 radical (unpaired) electrons. The van der Waals surface area contributed by atoms with Crippen LogP contribution < -0.4 is 5.73 Å². The number of hydrogen-bond donors (Lipinski definition) is 2. The van der Waals surface area contributed by atoms with Gasteiger partial charge in [-0.3, -0.25) is 4.79 Å². The number of aliphatic carboxylic acids is 1. The van der Waals surface area contributed by atoms with Crippen LogP contribution >= 0.6 is 0 Å². The molecular weight excluding hydrogens is 70.0 g/mol. The van der Waals surface area contributed by atoms with Crippen LogP contribution in [0.4, 0.5) is 0 Å². The molecule has 0 saturated heterocycles. The minimum absolute atomic E-state index is 1.30. The van der Waals surface area contributed by atoms with E-state index >= 15 is 0 Å². The van der Waals surface area contributed by atoms with Gasteiger partial charge in [-0.15, -0.1) is 0 Å². The van der Waals surface area contributed by atoms with Crippen LogP contribution in [0.15, 0.2) is 0 Å². The molecule has 3 heteroatoms.